The van der Waals surface area contributed by atoms with Crippen LogP contribution in [0.25, 0.3) is 0 Å². The van der Waals surface area contributed by atoms with Crippen molar-refractivity contribution >= 4 is 17.3 Å². The zero-order chi connectivity index (χ0) is 8.97. The molecule has 66 valence electrons. The summed E-state index contributed by atoms with van der Waals surface area (Å²) in [6, 6.07) is 0. The Morgan fingerprint density at radius 2 is 2.50 bits per heavy atom. The van der Waals surface area contributed by atoms with Crippen LogP contribution in [0.3, 0.4) is 0 Å². The first-order valence-electron chi connectivity index (χ1n) is 3.72. The molecule has 0 spiro atoms. The number of hydrogen-bond donors (Lipinski definition) is 0. The quantitative estimate of drug-likeness (QED) is 0.533. The van der Waals surface area contributed by atoms with E-state index in [-0.39, 0.29) is 5.97 Å². The van der Waals surface area contributed by atoms with Crippen LogP contribution in [-0.2, 0) is 16.0 Å². The van der Waals surface area contributed by atoms with E-state index in [9.17, 15) is 4.79 Å². The molecule has 0 N–H and O–H groups in total. The lowest BCUT2D eigenvalue weighted by Gasteiger charge is -1.99. The van der Waals surface area contributed by atoms with Gasteiger partial charge < -0.3 is 4.74 Å². The van der Waals surface area contributed by atoms with Crippen molar-refractivity contribution in [3.05, 3.63) is 16.1 Å². The van der Waals surface area contributed by atoms with Crippen LogP contribution < -0.4 is 0 Å². The molecule has 0 amide bonds. The van der Waals surface area contributed by atoms with E-state index in [0.29, 0.717) is 6.61 Å². The topological polar surface area (TPSA) is 39.2 Å². The summed E-state index contributed by atoms with van der Waals surface area (Å²) in [4.78, 5) is 15.7. The highest BCUT2D eigenvalue weighted by molar-refractivity contribution is 7.09. The third kappa shape index (κ3) is 2.62. The third-order valence-electron chi connectivity index (χ3n) is 1.48. The molecule has 3 nitrogen and oxygen atoms in total. The molecule has 0 aliphatic carbocycles. The molecule has 1 heterocycles. The highest BCUT2D eigenvalue weighted by atomic mass is 32.1. The van der Waals surface area contributed by atoms with Crippen molar-refractivity contribution in [1.82, 2.24) is 4.98 Å². The monoisotopic (exact) mass is 188 g/mol. The van der Waals surface area contributed by atoms with Crippen molar-refractivity contribution in [3.63, 3.8) is 0 Å². The van der Waals surface area contributed by atoms with E-state index in [1.54, 1.807) is 16.8 Å². The van der Waals surface area contributed by atoms with Gasteiger partial charge in [-0.3, -0.25) is 4.79 Å². The molecule has 1 rings (SSSR count). The van der Waals surface area contributed by atoms with Gasteiger partial charge in [-0.2, -0.15) is 0 Å². The number of carbonyl (C=O) groups is 1. The fourth-order valence-corrected chi connectivity index (χ4v) is 1.62. The number of rotatable bonds is 3. The highest BCUT2D eigenvalue weighted by Gasteiger charge is 2.01. The van der Waals surface area contributed by atoms with E-state index < -0.39 is 0 Å². The van der Waals surface area contributed by atoms with Crippen molar-refractivity contribution in [2.45, 2.75) is 20.3 Å². The van der Waals surface area contributed by atoms with E-state index in [4.69, 9.17) is 4.74 Å². The Hall–Kier alpha value is -0.900. The van der Waals surface area contributed by atoms with Gasteiger partial charge in [0.25, 0.3) is 0 Å². The first-order valence-corrected chi connectivity index (χ1v) is 4.60. The summed E-state index contributed by atoms with van der Waals surface area (Å²) in [5.41, 5.74) is 2.84. The van der Waals surface area contributed by atoms with Crippen molar-refractivity contribution in [3.8, 4) is 0 Å². The van der Waals surface area contributed by atoms with Crippen molar-refractivity contribution in [1.29, 1.82) is 0 Å². The molecule has 0 radical (unpaired) electrons. The van der Waals surface area contributed by atoms with Crippen LogP contribution in [-0.4, -0.2) is 17.6 Å². The largest absolute Gasteiger partial charge is 0.465 e. The molecule has 0 saturated heterocycles. The Morgan fingerprint density at radius 3 is 3.00 bits per heavy atom. The summed E-state index contributed by atoms with van der Waals surface area (Å²) in [6.07, 6.45) is 0.774. The molecular weight excluding hydrogens is 177 g/mol. The molecule has 1 aromatic heterocycles. The molecule has 0 atom stereocenters. The standard InChI is InChI=1S/C8H11NO2S/c1-6-8(12-5-9-6)3-4-11-7(2)10/h5H,3-4H2,1-2H3/i1+1,6+1,8+1. The van der Waals surface area contributed by atoms with Crippen LogP contribution in [0.5, 0.6) is 0 Å². The molecule has 0 fully saturated rings. The summed E-state index contributed by atoms with van der Waals surface area (Å²) in [5, 5.41) is 0. The molecular formula is C8H11NO2S. The SMILES string of the molecule is CC(=O)OCC[13c]1scn[13c]1[13CH3]. The zero-order valence-corrected chi connectivity index (χ0v) is 7.98. The number of thiazole rings is 1. The smallest absolute Gasteiger partial charge is 0.302 e. The second-order valence-electron chi connectivity index (χ2n) is 2.45. The van der Waals surface area contributed by atoms with Gasteiger partial charge in [-0.1, -0.05) is 0 Å². The molecule has 12 heavy (non-hydrogen) atoms. The van der Waals surface area contributed by atoms with Gasteiger partial charge >= 0.3 is 5.97 Å². The Morgan fingerprint density at radius 1 is 1.75 bits per heavy atom. The van der Waals surface area contributed by atoms with Crippen LogP contribution >= 0.6 is 11.3 Å². The van der Waals surface area contributed by atoms with Crippen molar-refractivity contribution in [2.24, 2.45) is 0 Å². The van der Waals surface area contributed by atoms with Gasteiger partial charge in [0.1, 0.15) is 0 Å². The lowest BCUT2D eigenvalue weighted by atomic mass is 10.6. The Labute approximate surface area is 75.4 Å². The average molecular weight is 188 g/mol. The van der Waals surface area contributed by atoms with Crippen LogP contribution in [0.1, 0.15) is 17.5 Å². The fraction of sp³-hybridized carbons (Fsp3) is 0.500. The number of nitrogens with zero attached hydrogens (tertiary/aromatic N) is 1. The minimum Gasteiger partial charge on any atom is -0.465 e. The maximum Gasteiger partial charge on any atom is 0.302 e. The number of esters is 1. The predicted molar refractivity (Wildman–Crippen MR) is 47.2 cm³/mol. The summed E-state index contributed by atoms with van der Waals surface area (Å²) < 4.78 is 4.81. The first-order chi connectivity index (χ1) is 5.70. The maximum absolute atomic E-state index is 10.4. The Kier molecular flexibility index (Phi) is 3.22. The number of aryl methyl sites for hydroxylation is 1. The fourth-order valence-electron chi connectivity index (χ4n) is 0.854. The summed E-state index contributed by atoms with van der Waals surface area (Å²) in [7, 11) is 0. The maximum atomic E-state index is 10.4. The van der Waals surface area contributed by atoms with E-state index >= 15 is 0 Å². The minimum absolute atomic E-state index is 0.225. The van der Waals surface area contributed by atoms with E-state index in [1.807, 2.05) is 6.92 Å². The average Bonchev–Trinajstić information content (AvgIpc) is 2.36. The summed E-state index contributed by atoms with van der Waals surface area (Å²) in [5.74, 6) is -0.225. The minimum atomic E-state index is -0.225. The van der Waals surface area contributed by atoms with E-state index in [2.05, 4.69) is 4.98 Å². The Balaban J connectivity index is 2.33. The molecule has 0 unspecified atom stereocenters. The number of aromatic nitrogens is 1. The van der Waals surface area contributed by atoms with Crippen LogP contribution in [0.4, 0.5) is 0 Å². The van der Waals surface area contributed by atoms with Crippen molar-refractivity contribution in [2.75, 3.05) is 6.61 Å². The number of ether oxygens (including phenoxy) is 1. The molecule has 0 aliphatic heterocycles. The first kappa shape index (κ1) is 9.19. The lowest BCUT2D eigenvalue weighted by Crippen LogP contribution is -2.02. The molecule has 4 heteroatoms. The van der Waals surface area contributed by atoms with Gasteiger partial charge in [-0.25, -0.2) is 4.98 Å². The lowest BCUT2D eigenvalue weighted by molar-refractivity contribution is -0.140. The molecule has 0 bridgehead atoms. The third-order valence-corrected chi connectivity index (χ3v) is 2.47. The predicted octanol–water partition coefficient (Wildman–Crippen LogP) is 1.56. The number of carbonyl (C=O) groups excluding carboxylic acids is 1. The van der Waals surface area contributed by atoms with Crippen LogP contribution in [0.2, 0.25) is 0 Å². The van der Waals surface area contributed by atoms with Crippen LogP contribution in [0, 0.1) is 6.92 Å². The molecule has 0 aromatic carbocycles. The highest BCUT2D eigenvalue weighted by Crippen LogP contribution is 2.12. The van der Waals surface area contributed by atoms with E-state index in [1.165, 1.54) is 11.8 Å². The molecule has 0 aliphatic rings. The van der Waals surface area contributed by atoms with Crippen molar-refractivity contribution < 1.29 is 9.53 Å². The van der Waals surface area contributed by atoms with Gasteiger partial charge in [0.15, 0.2) is 0 Å². The second kappa shape index (κ2) is 4.21. The van der Waals surface area contributed by atoms with Crippen LogP contribution in [0.15, 0.2) is 5.51 Å². The normalized spacial score (nSPS) is 9.83. The Bertz CT molecular complexity index is 270. The van der Waals surface area contributed by atoms with Gasteiger partial charge in [0.05, 0.1) is 17.8 Å². The summed E-state index contributed by atoms with van der Waals surface area (Å²) >= 11 is 1.60. The zero-order valence-electron chi connectivity index (χ0n) is 7.16. The number of hydrogen-bond acceptors (Lipinski definition) is 4. The van der Waals surface area contributed by atoms with E-state index in [0.717, 1.165) is 12.1 Å². The van der Waals surface area contributed by atoms with Gasteiger partial charge in [0.2, 0.25) is 0 Å². The van der Waals surface area contributed by atoms with Gasteiger partial charge in [0, 0.05) is 18.2 Å². The van der Waals surface area contributed by atoms with Gasteiger partial charge in [-0.15, -0.1) is 11.3 Å². The molecule has 0 saturated carbocycles. The van der Waals surface area contributed by atoms with Gasteiger partial charge in [-0.05, 0) is 6.92 Å². The summed E-state index contributed by atoms with van der Waals surface area (Å²) in [6.45, 7) is 3.83. The second-order valence-corrected chi connectivity index (χ2v) is 3.39. The molecule has 1 aromatic rings.